The van der Waals surface area contributed by atoms with E-state index in [4.69, 9.17) is 4.42 Å². The fraction of sp³-hybridized carbons (Fsp3) is 0.556. The minimum atomic E-state index is 0.610. The Labute approximate surface area is 120 Å². The number of nitrogens with one attached hydrogen (secondary N) is 1. The Morgan fingerprint density at radius 3 is 2.90 bits per heavy atom. The quantitative estimate of drug-likeness (QED) is 0.892. The third-order valence-corrected chi connectivity index (χ3v) is 5.51. The van der Waals surface area contributed by atoms with Crippen molar-refractivity contribution >= 4 is 11.0 Å². The maximum Gasteiger partial charge on any atom is 0.134 e. The van der Waals surface area contributed by atoms with Crippen molar-refractivity contribution in [3.63, 3.8) is 0 Å². The van der Waals surface area contributed by atoms with Crippen LogP contribution in [0.1, 0.15) is 38.4 Å². The van der Waals surface area contributed by atoms with Crippen LogP contribution in [0.4, 0.5) is 0 Å². The van der Waals surface area contributed by atoms with Crippen LogP contribution in [-0.2, 0) is 6.54 Å². The summed E-state index contributed by atoms with van der Waals surface area (Å²) >= 11 is 0. The van der Waals surface area contributed by atoms with Gasteiger partial charge in [0.1, 0.15) is 11.3 Å². The van der Waals surface area contributed by atoms with E-state index in [9.17, 15) is 0 Å². The van der Waals surface area contributed by atoms with Crippen LogP contribution in [0.5, 0.6) is 0 Å². The summed E-state index contributed by atoms with van der Waals surface area (Å²) in [4.78, 5) is 0. The van der Waals surface area contributed by atoms with E-state index in [2.05, 4.69) is 30.4 Å². The Morgan fingerprint density at radius 1 is 1.25 bits per heavy atom. The molecule has 2 fully saturated rings. The third-order valence-electron chi connectivity index (χ3n) is 5.51. The Bertz CT molecular complexity index is 569. The molecule has 0 saturated heterocycles. The minimum absolute atomic E-state index is 0.610. The van der Waals surface area contributed by atoms with Crippen molar-refractivity contribution in [3.05, 3.63) is 36.1 Å². The maximum atomic E-state index is 5.88. The van der Waals surface area contributed by atoms with E-state index in [1.54, 1.807) is 0 Å². The van der Waals surface area contributed by atoms with Crippen molar-refractivity contribution in [1.82, 2.24) is 5.32 Å². The first-order valence-corrected chi connectivity index (χ1v) is 8.00. The summed E-state index contributed by atoms with van der Waals surface area (Å²) in [6.45, 7) is 3.21. The van der Waals surface area contributed by atoms with Gasteiger partial charge in [-0.3, -0.25) is 0 Å². The van der Waals surface area contributed by atoms with Gasteiger partial charge in [0, 0.05) is 11.4 Å². The summed E-state index contributed by atoms with van der Waals surface area (Å²) < 4.78 is 5.88. The smallest absolute Gasteiger partial charge is 0.134 e. The maximum absolute atomic E-state index is 5.88. The summed E-state index contributed by atoms with van der Waals surface area (Å²) in [7, 11) is 0. The molecule has 4 rings (SSSR count). The van der Waals surface area contributed by atoms with Gasteiger partial charge in [0.15, 0.2) is 0 Å². The molecular weight excluding hydrogens is 246 g/mol. The highest BCUT2D eigenvalue weighted by Crippen LogP contribution is 2.49. The highest BCUT2D eigenvalue weighted by Gasteiger charge is 2.41. The molecule has 0 aliphatic heterocycles. The van der Waals surface area contributed by atoms with Crippen LogP contribution in [0.25, 0.3) is 11.0 Å². The normalized spacial score (nSPS) is 30.1. The lowest BCUT2D eigenvalue weighted by Crippen LogP contribution is -2.35. The molecule has 0 spiro atoms. The second-order valence-electron chi connectivity index (χ2n) is 6.76. The standard InChI is InChI=1S/C18H23NO/c1-12(17-9-13-6-7-14(17)8-13)19-11-16-10-15-4-2-3-5-18(15)20-16/h2-5,10,12-14,17,19H,6-9,11H2,1H3. The Morgan fingerprint density at radius 2 is 2.15 bits per heavy atom. The molecule has 1 aromatic heterocycles. The van der Waals surface area contributed by atoms with Crippen LogP contribution in [-0.4, -0.2) is 6.04 Å². The van der Waals surface area contributed by atoms with E-state index < -0.39 is 0 Å². The zero-order valence-corrected chi connectivity index (χ0v) is 12.1. The lowest BCUT2D eigenvalue weighted by Gasteiger charge is -2.28. The van der Waals surface area contributed by atoms with Crippen molar-refractivity contribution in [2.45, 2.75) is 45.2 Å². The topological polar surface area (TPSA) is 25.2 Å². The number of para-hydroxylation sites is 1. The molecule has 2 aromatic rings. The van der Waals surface area contributed by atoms with Gasteiger partial charge in [-0.25, -0.2) is 0 Å². The lowest BCUT2D eigenvalue weighted by molar-refractivity contribution is 0.256. The Hall–Kier alpha value is -1.28. The van der Waals surface area contributed by atoms with Gasteiger partial charge < -0.3 is 9.73 Å². The number of benzene rings is 1. The molecule has 2 aliphatic rings. The van der Waals surface area contributed by atoms with E-state index in [1.807, 2.05) is 12.1 Å². The molecule has 106 valence electrons. The fourth-order valence-electron chi connectivity index (χ4n) is 4.44. The molecule has 4 atom stereocenters. The third kappa shape index (κ3) is 2.16. The van der Waals surface area contributed by atoms with Crippen LogP contribution < -0.4 is 5.32 Å². The summed E-state index contributed by atoms with van der Waals surface area (Å²) in [5.74, 6) is 3.96. The Kier molecular flexibility index (Phi) is 3.07. The average Bonchev–Trinajstić information content (AvgIpc) is 3.18. The molecule has 1 aromatic carbocycles. The van der Waals surface area contributed by atoms with Crippen molar-refractivity contribution in [2.24, 2.45) is 17.8 Å². The molecule has 20 heavy (non-hydrogen) atoms. The van der Waals surface area contributed by atoms with Crippen LogP contribution in [0.2, 0.25) is 0 Å². The number of rotatable bonds is 4. The highest BCUT2D eigenvalue weighted by atomic mass is 16.3. The van der Waals surface area contributed by atoms with E-state index in [0.29, 0.717) is 6.04 Å². The van der Waals surface area contributed by atoms with Crippen molar-refractivity contribution in [2.75, 3.05) is 0 Å². The van der Waals surface area contributed by atoms with Gasteiger partial charge in [-0.05, 0) is 56.1 Å². The lowest BCUT2D eigenvalue weighted by atomic mass is 9.84. The predicted octanol–water partition coefficient (Wildman–Crippen LogP) is 4.35. The van der Waals surface area contributed by atoms with E-state index in [0.717, 1.165) is 35.6 Å². The zero-order valence-electron chi connectivity index (χ0n) is 12.1. The Balaban J connectivity index is 1.40. The van der Waals surface area contributed by atoms with E-state index >= 15 is 0 Å². The number of hydrogen-bond donors (Lipinski definition) is 1. The second-order valence-corrected chi connectivity index (χ2v) is 6.76. The van der Waals surface area contributed by atoms with Gasteiger partial charge in [-0.2, -0.15) is 0 Å². The highest BCUT2D eigenvalue weighted by molar-refractivity contribution is 5.77. The first kappa shape index (κ1) is 12.5. The minimum Gasteiger partial charge on any atom is -0.460 e. The van der Waals surface area contributed by atoms with E-state index in [1.165, 1.54) is 31.1 Å². The predicted molar refractivity (Wildman–Crippen MR) is 81.5 cm³/mol. The second kappa shape index (κ2) is 4.92. The monoisotopic (exact) mass is 269 g/mol. The first-order valence-electron chi connectivity index (χ1n) is 8.00. The van der Waals surface area contributed by atoms with Crippen molar-refractivity contribution in [1.29, 1.82) is 0 Å². The van der Waals surface area contributed by atoms with Gasteiger partial charge in [-0.1, -0.05) is 24.6 Å². The molecule has 2 heteroatoms. The largest absolute Gasteiger partial charge is 0.460 e. The zero-order chi connectivity index (χ0) is 13.5. The van der Waals surface area contributed by atoms with Gasteiger partial charge >= 0.3 is 0 Å². The van der Waals surface area contributed by atoms with Crippen LogP contribution in [0, 0.1) is 17.8 Å². The molecule has 4 unspecified atom stereocenters. The summed E-state index contributed by atoms with van der Waals surface area (Å²) in [6.07, 6.45) is 5.88. The SMILES string of the molecule is CC(NCc1cc2ccccc2o1)C1CC2CCC1C2. The summed E-state index contributed by atoms with van der Waals surface area (Å²) in [5, 5.41) is 4.90. The van der Waals surface area contributed by atoms with Gasteiger partial charge in [0.05, 0.1) is 6.54 Å². The van der Waals surface area contributed by atoms with Crippen LogP contribution >= 0.6 is 0 Å². The van der Waals surface area contributed by atoms with Gasteiger partial charge in [0.25, 0.3) is 0 Å². The van der Waals surface area contributed by atoms with Crippen LogP contribution in [0.15, 0.2) is 34.7 Å². The molecular formula is C18H23NO. The van der Waals surface area contributed by atoms with Crippen LogP contribution in [0.3, 0.4) is 0 Å². The first-order chi connectivity index (χ1) is 9.79. The average molecular weight is 269 g/mol. The summed E-state index contributed by atoms with van der Waals surface area (Å²) in [5.41, 5.74) is 0.997. The fourth-order valence-corrected chi connectivity index (χ4v) is 4.44. The molecule has 2 saturated carbocycles. The molecule has 2 bridgehead atoms. The van der Waals surface area contributed by atoms with Gasteiger partial charge in [0.2, 0.25) is 0 Å². The molecule has 1 heterocycles. The van der Waals surface area contributed by atoms with Gasteiger partial charge in [-0.15, -0.1) is 0 Å². The molecule has 2 nitrogen and oxygen atoms in total. The number of fused-ring (bicyclic) bond motifs is 3. The molecule has 2 aliphatic carbocycles. The van der Waals surface area contributed by atoms with Crippen molar-refractivity contribution in [3.8, 4) is 0 Å². The van der Waals surface area contributed by atoms with E-state index in [-0.39, 0.29) is 0 Å². The van der Waals surface area contributed by atoms with Crippen molar-refractivity contribution < 1.29 is 4.42 Å². The number of hydrogen-bond acceptors (Lipinski definition) is 2. The molecule has 0 amide bonds. The molecule has 1 N–H and O–H groups in total. The molecule has 0 radical (unpaired) electrons. The summed E-state index contributed by atoms with van der Waals surface area (Å²) in [6, 6.07) is 11.0. The number of furan rings is 1.